The summed E-state index contributed by atoms with van der Waals surface area (Å²) in [7, 11) is 1.52. The number of hydrogen-bond acceptors (Lipinski definition) is 4. The summed E-state index contributed by atoms with van der Waals surface area (Å²) in [5.74, 6) is 0.554. The minimum atomic E-state index is -0.760. The molecule has 2 saturated heterocycles. The Kier molecular flexibility index (Phi) is 3.48. The van der Waals surface area contributed by atoms with E-state index in [2.05, 4.69) is 17.1 Å². The number of urea groups is 1. The SMILES string of the molecule is CC1CCC(O)(CN2CCC3(C2)NC(=O)N(C)C3=O)CC1. The number of imide groups is 1. The van der Waals surface area contributed by atoms with Crippen molar-refractivity contribution < 1.29 is 14.7 Å². The number of nitrogens with one attached hydrogen (secondary N) is 1. The van der Waals surface area contributed by atoms with E-state index in [1.54, 1.807) is 0 Å². The van der Waals surface area contributed by atoms with Gasteiger partial charge in [0.15, 0.2) is 0 Å². The molecule has 1 spiro atoms. The summed E-state index contributed by atoms with van der Waals surface area (Å²) in [6, 6.07) is -0.313. The van der Waals surface area contributed by atoms with Gasteiger partial charge >= 0.3 is 6.03 Å². The first-order valence-corrected chi connectivity index (χ1v) is 7.89. The molecule has 3 rings (SSSR count). The van der Waals surface area contributed by atoms with Gasteiger partial charge in [-0.2, -0.15) is 0 Å². The third-order valence-corrected chi connectivity index (χ3v) is 5.44. The molecule has 0 radical (unpaired) electrons. The van der Waals surface area contributed by atoms with Crippen LogP contribution in [0.5, 0.6) is 0 Å². The van der Waals surface area contributed by atoms with E-state index < -0.39 is 11.1 Å². The first-order chi connectivity index (χ1) is 9.84. The molecule has 0 aromatic heterocycles. The highest BCUT2D eigenvalue weighted by atomic mass is 16.3. The zero-order valence-corrected chi connectivity index (χ0v) is 12.9. The molecule has 6 nitrogen and oxygen atoms in total. The highest BCUT2D eigenvalue weighted by molar-refractivity contribution is 6.07. The highest BCUT2D eigenvalue weighted by Crippen LogP contribution is 2.35. The summed E-state index contributed by atoms with van der Waals surface area (Å²) < 4.78 is 0. The number of aliphatic hydroxyl groups is 1. The molecule has 0 bridgehead atoms. The summed E-state index contributed by atoms with van der Waals surface area (Å²) in [4.78, 5) is 27.2. The molecule has 1 atom stereocenters. The summed E-state index contributed by atoms with van der Waals surface area (Å²) in [6.45, 7) is 4.10. The third kappa shape index (κ3) is 2.55. The molecule has 2 aliphatic heterocycles. The summed E-state index contributed by atoms with van der Waals surface area (Å²) >= 11 is 0. The Morgan fingerprint density at radius 1 is 1.29 bits per heavy atom. The Labute approximate surface area is 125 Å². The minimum Gasteiger partial charge on any atom is -0.389 e. The van der Waals surface area contributed by atoms with E-state index in [4.69, 9.17) is 0 Å². The van der Waals surface area contributed by atoms with Gasteiger partial charge in [0.05, 0.1) is 5.60 Å². The van der Waals surface area contributed by atoms with Crippen LogP contribution >= 0.6 is 0 Å². The number of likely N-dealkylation sites (tertiary alicyclic amines) is 1. The molecule has 3 aliphatic rings. The summed E-state index contributed by atoms with van der Waals surface area (Å²) in [5.41, 5.74) is -1.39. The summed E-state index contributed by atoms with van der Waals surface area (Å²) in [5, 5.41) is 13.6. The van der Waals surface area contributed by atoms with Gasteiger partial charge < -0.3 is 10.4 Å². The molecule has 3 fully saturated rings. The summed E-state index contributed by atoms with van der Waals surface area (Å²) in [6.07, 6.45) is 4.42. The molecule has 3 amide bonds. The Morgan fingerprint density at radius 3 is 2.52 bits per heavy atom. The first-order valence-electron chi connectivity index (χ1n) is 7.89. The van der Waals surface area contributed by atoms with Crippen molar-refractivity contribution in [1.82, 2.24) is 15.1 Å². The average Bonchev–Trinajstić information content (AvgIpc) is 2.92. The maximum Gasteiger partial charge on any atom is 0.324 e. The number of rotatable bonds is 2. The van der Waals surface area contributed by atoms with Crippen LogP contribution in [0.2, 0.25) is 0 Å². The van der Waals surface area contributed by atoms with E-state index in [0.29, 0.717) is 25.4 Å². The minimum absolute atomic E-state index is 0.140. The Bertz CT molecular complexity index is 459. The van der Waals surface area contributed by atoms with Gasteiger partial charge in [-0.05, 0) is 38.0 Å². The zero-order chi connectivity index (χ0) is 15.3. The number of carbonyl (C=O) groups is 2. The Morgan fingerprint density at radius 2 is 1.95 bits per heavy atom. The van der Waals surface area contributed by atoms with Crippen LogP contribution in [0.1, 0.15) is 39.0 Å². The number of amides is 3. The lowest BCUT2D eigenvalue weighted by molar-refractivity contribution is -0.130. The highest BCUT2D eigenvalue weighted by Gasteiger charge is 2.54. The van der Waals surface area contributed by atoms with Crippen molar-refractivity contribution in [2.75, 3.05) is 26.7 Å². The van der Waals surface area contributed by atoms with Gasteiger partial charge in [0.25, 0.3) is 5.91 Å². The maximum atomic E-state index is 12.3. The van der Waals surface area contributed by atoms with E-state index >= 15 is 0 Å². The molecule has 6 heteroatoms. The lowest BCUT2D eigenvalue weighted by Gasteiger charge is -2.38. The molecule has 2 N–H and O–H groups in total. The van der Waals surface area contributed by atoms with E-state index in [1.165, 1.54) is 11.9 Å². The fourth-order valence-electron chi connectivity index (χ4n) is 3.93. The predicted molar refractivity (Wildman–Crippen MR) is 77.7 cm³/mol. The van der Waals surface area contributed by atoms with E-state index in [0.717, 1.165) is 32.2 Å². The third-order valence-electron chi connectivity index (χ3n) is 5.44. The Hall–Kier alpha value is -1.14. The lowest BCUT2D eigenvalue weighted by atomic mass is 9.79. The molecular weight excluding hydrogens is 270 g/mol. The standard InChI is InChI=1S/C15H25N3O3/c1-11-3-5-14(21,6-4-11)9-18-8-7-15(10-18)12(19)17(2)13(20)16-15/h11,21H,3-10H2,1-2H3,(H,16,20). The van der Waals surface area contributed by atoms with Crippen molar-refractivity contribution in [3.63, 3.8) is 0 Å². The van der Waals surface area contributed by atoms with Crippen LogP contribution in [0.3, 0.4) is 0 Å². The molecule has 118 valence electrons. The maximum absolute atomic E-state index is 12.3. The monoisotopic (exact) mass is 295 g/mol. The van der Waals surface area contributed by atoms with Crippen LogP contribution in [-0.4, -0.2) is 64.7 Å². The normalized spacial score (nSPS) is 41.1. The van der Waals surface area contributed by atoms with E-state index in [1.807, 2.05) is 0 Å². The quantitative estimate of drug-likeness (QED) is 0.730. The van der Waals surface area contributed by atoms with Crippen LogP contribution in [0.15, 0.2) is 0 Å². The molecule has 1 aliphatic carbocycles. The van der Waals surface area contributed by atoms with Crippen molar-refractivity contribution >= 4 is 11.9 Å². The van der Waals surface area contributed by atoms with Gasteiger partial charge in [0.2, 0.25) is 0 Å². The van der Waals surface area contributed by atoms with Crippen LogP contribution < -0.4 is 5.32 Å². The fraction of sp³-hybridized carbons (Fsp3) is 0.867. The second-order valence-corrected chi connectivity index (χ2v) is 7.24. The molecular formula is C15H25N3O3. The molecule has 1 unspecified atom stereocenters. The van der Waals surface area contributed by atoms with Gasteiger partial charge in [-0.15, -0.1) is 0 Å². The average molecular weight is 295 g/mol. The lowest BCUT2D eigenvalue weighted by Crippen LogP contribution is -2.51. The van der Waals surface area contributed by atoms with Crippen LogP contribution in [0.4, 0.5) is 4.79 Å². The Balaban J connectivity index is 1.63. The van der Waals surface area contributed by atoms with E-state index in [-0.39, 0.29) is 11.9 Å². The number of nitrogens with zero attached hydrogens (tertiary/aromatic N) is 2. The van der Waals surface area contributed by atoms with E-state index in [9.17, 15) is 14.7 Å². The first kappa shape index (κ1) is 14.8. The molecule has 1 saturated carbocycles. The van der Waals surface area contributed by atoms with Gasteiger partial charge in [0.1, 0.15) is 5.54 Å². The van der Waals surface area contributed by atoms with Crippen LogP contribution in [0, 0.1) is 5.92 Å². The fourth-order valence-corrected chi connectivity index (χ4v) is 3.93. The molecule has 2 heterocycles. The molecule has 21 heavy (non-hydrogen) atoms. The van der Waals surface area contributed by atoms with Crippen LogP contribution in [-0.2, 0) is 4.79 Å². The predicted octanol–water partition coefficient (Wildman–Crippen LogP) is 0.554. The molecule has 0 aromatic rings. The van der Waals surface area contributed by atoms with Crippen molar-refractivity contribution in [3.8, 4) is 0 Å². The van der Waals surface area contributed by atoms with Crippen molar-refractivity contribution in [1.29, 1.82) is 0 Å². The number of hydrogen-bond donors (Lipinski definition) is 2. The van der Waals surface area contributed by atoms with Gasteiger partial charge in [0, 0.05) is 26.7 Å². The second kappa shape index (κ2) is 4.95. The zero-order valence-electron chi connectivity index (χ0n) is 12.9. The topological polar surface area (TPSA) is 72.9 Å². The smallest absolute Gasteiger partial charge is 0.324 e. The van der Waals surface area contributed by atoms with Crippen LogP contribution in [0.25, 0.3) is 0 Å². The number of likely N-dealkylation sites (N-methyl/N-ethyl adjacent to an activating group) is 1. The van der Waals surface area contributed by atoms with Gasteiger partial charge in [-0.25, -0.2) is 4.79 Å². The van der Waals surface area contributed by atoms with Crippen molar-refractivity contribution in [3.05, 3.63) is 0 Å². The van der Waals surface area contributed by atoms with Crippen molar-refractivity contribution in [2.45, 2.75) is 50.2 Å². The molecule has 0 aromatic carbocycles. The van der Waals surface area contributed by atoms with Gasteiger partial charge in [-0.3, -0.25) is 14.6 Å². The largest absolute Gasteiger partial charge is 0.389 e. The number of β-amino-alcohol motifs (C(OH)–C–C–N with tert-alkyl or cyclic N) is 1. The second-order valence-electron chi connectivity index (χ2n) is 7.24. The van der Waals surface area contributed by atoms with Gasteiger partial charge in [-0.1, -0.05) is 6.92 Å². The number of carbonyl (C=O) groups excluding carboxylic acids is 2. The van der Waals surface area contributed by atoms with Crippen molar-refractivity contribution in [2.24, 2.45) is 5.92 Å².